The molecule has 16 heavy (non-hydrogen) atoms. The third kappa shape index (κ3) is 2.93. The summed E-state index contributed by atoms with van der Waals surface area (Å²) in [6.07, 6.45) is -4.14. The van der Waals surface area contributed by atoms with Crippen LogP contribution in [0.3, 0.4) is 0 Å². The standard InChI is InChI=1S/C7H7Cl3F3N3/c1-2-3-16-5(6(8,9)10)4(14-15-16)7(11,12)13/h2-3H2,1H3. The SMILES string of the molecule is CCCn1nnc(C(F)(F)F)c1C(Cl)(Cl)Cl. The third-order valence-corrected chi connectivity index (χ3v) is 2.24. The van der Waals surface area contributed by atoms with E-state index in [0.29, 0.717) is 6.42 Å². The van der Waals surface area contributed by atoms with Gasteiger partial charge in [0.25, 0.3) is 0 Å². The Balaban J connectivity index is 3.31. The summed E-state index contributed by atoms with van der Waals surface area (Å²) in [6, 6.07) is 0. The lowest BCUT2D eigenvalue weighted by Gasteiger charge is -2.15. The second kappa shape index (κ2) is 4.58. The first-order chi connectivity index (χ1) is 7.18. The van der Waals surface area contributed by atoms with Gasteiger partial charge in [0.2, 0.25) is 3.79 Å². The zero-order valence-corrected chi connectivity index (χ0v) is 10.3. The van der Waals surface area contributed by atoms with Gasteiger partial charge in [0.1, 0.15) is 5.69 Å². The Hall–Kier alpha value is -0.200. The molecule has 1 heterocycles. The largest absolute Gasteiger partial charge is 0.437 e. The number of aromatic nitrogens is 3. The minimum Gasteiger partial charge on any atom is -0.244 e. The van der Waals surface area contributed by atoms with E-state index in [1.165, 1.54) is 0 Å². The quantitative estimate of drug-likeness (QED) is 0.782. The molecule has 0 spiro atoms. The van der Waals surface area contributed by atoms with Crippen LogP contribution in [-0.4, -0.2) is 15.0 Å². The molecule has 0 bridgehead atoms. The maximum Gasteiger partial charge on any atom is 0.437 e. The molecule has 0 aliphatic carbocycles. The maximum absolute atomic E-state index is 12.5. The van der Waals surface area contributed by atoms with Gasteiger partial charge in [0, 0.05) is 6.54 Å². The lowest BCUT2D eigenvalue weighted by atomic mass is 10.3. The van der Waals surface area contributed by atoms with Gasteiger partial charge in [-0.3, -0.25) is 0 Å². The van der Waals surface area contributed by atoms with Crippen molar-refractivity contribution < 1.29 is 13.2 Å². The van der Waals surface area contributed by atoms with Crippen molar-refractivity contribution in [3.8, 4) is 0 Å². The summed E-state index contributed by atoms with van der Waals surface area (Å²) in [7, 11) is 0. The molecule has 1 rings (SSSR count). The zero-order valence-electron chi connectivity index (χ0n) is 8.02. The van der Waals surface area contributed by atoms with E-state index in [4.69, 9.17) is 34.8 Å². The molecule has 0 aliphatic heterocycles. The van der Waals surface area contributed by atoms with Crippen LogP contribution in [0.25, 0.3) is 0 Å². The fourth-order valence-electron chi connectivity index (χ4n) is 1.15. The van der Waals surface area contributed by atoms with E-state index in [9.17, 15) is 13.2 Å². The predicted octanol–water partition coefficient (Wildman–Crippen LogP) is 3.53. The van der Waals surface area contributed by atoms with Crippen LogP contribution in [0.5, 0.6) is 0 Å². The van der Waals surface area contributed by atoms with E-state index in [1.807, 2.05) is 0 Å². The second-order valence-electron chi connectivity index (χ2n) is 3.01. The van der Waals surface area contributed by atoms with Crippen LogP contribution in [0.15, 0.2) is 0 Å². The van der Waals surface area contributed by atoms with E-state index in [2.05, 4.69) is 10.3 Å². The molecule has 3 nitrogen and oxygen atoms in total. The summed E-state index contributed by atoms with van der Waals surface area (Å²) in [5.41, 5.74) is -1.81. The van der Waals surface area contributed by atoms with Gasteiger partial charge in [0.15, 0.2) is 5.69 Å². The van der Waals surface area contributed by atoms with Crippen molar-refractivity contribution in [3.63, 3.8) is 0 Å². The number of rotatable bonds is 2. The van der Waals surface area contributed by atoms with Gasteiger partial charge >= 0.3 is 6.18 Å². The minimum absolute atomic E-state index is 0.201. The molecule has 0 N–H and O–H groups in total. The summed E-state index contributed by atoms with van der Waals surface area (Å²) < 4.78 is 36.4. The van der Waals surface area contributed by atoms with Crippen LogP contribution in [-0.2, 0) is 16.5 Å². The molecular weight excluding hydrogens is 289 g/mol. The van der Waals surface area contributed by atoms with Gasteiger partial charge in [-0.1, -0.05) is 46.9 Å². The number of hydrogen-bond donors (Lipinski definition) is 0. The van der Waals surface area contributed by atoms with Crippen molar-refractivity contribution in [1.82, 2.24) is 15.0 Å². The molecule has 9 heteroatoms. The first-order valence-electron chi connectivity index (χ1n) is 4.25. The van der Waals surface area contributed by atoms with Crippen LogP contribution in [0.4, 0.5) is 13.2 Å². The van der Waals surface area contributed by atoms with E-state index in [-0.39, 0.29) is 6.54 Å². The normalized spacial score (nSPS) is 13.2. The van der Waals surface area contributed by atoms with Gasteiger partial charge in [-0.15, -0.1) is 5.10 Å². The van der Waals surface area contributed by atoms with E-state index in [1.54, 1.807) is 6.92 Å². The van der Waals surface area contributed by atoms with Gasteiger partial charge in [-0.25, -0.2) is 4.68 Å². The Bertz CT molecular complexity index is 369. The van der Waals surface area contributed by atoms with Crippen molar-refractivity contribution in [1.29, 1.82) is 0 Å². The Labute approximate surface area is 104 Å². The topological polar surface area (TPSA) is 30.7 Å². The van der Waals surface area contributed by atoms with Crippen molar-refractivity contribution in [2.75, 3.05) is 0 Å². The first-order valence-corrected chi connectivity index (χ1v) is 5.39. The highest BCUT2D eigenvalue weighted by Gasteiger charge is 2.44. The zero-order chi connectivity index (χ0) is 12.6. The highest BCUT2D eigenvalue weighted by atomic mass is 35.6. The summed E-state index contributed by atoms with van der Waals surface area (Å²) in [6.45, 7) is 1.96. The molecule has 1 aromatic heterocycles. The number of alkyl halides is 6. The molecule has 0 radical (unpaired) electrons. The number of halogens is 6. The molecule has 0 fully saturated rings. The number of aryl methyl sites for hydroxylation is 1. The summed E-state index contributed by atoms with van der Waals surface area (Å²) in [5.74, 6) is 0. The molecule has 0 saturated carbocycles. The highest BCUT2D eigenvalue weighted by Crippen LogP contribution is 2.43. The molecule has 0 amide bonds. The van der Waals surface area contributed by atoms with Gasteiger partial charge in [-0.05, 0) is 6.42 Å². The molecule has 92 valence electrons. The average Bonchev–Trinajstić information content (AvgIpc) is 2.46. The fourth-order valence-corrected chi connectivity index (χ4v) is 1.71. The Morgan fingerprint density at radius 2 is 1.81 bits per heavy atom. The van der Waals surface area contributed by atoms with Gasteiger partial charge < -0.3 is 0 Å². The molecule has 0 unspecified atom stereocenters. The smallest absolute Gasteiger partial charge is 0.244 e. The van der Waals surface area contributed by atoms with Gasteiger partial charge in [0.05, 0.1) is 0 Å². The van der Waals surface area contributed by atoms with E-state index in [0.717, 1.165) is 4.68 Å². The maximum atomic E-state index is 12.5. The van der Waals surface area contributed by atoms with E-state index < -0.39 is 21.4 Å². The Morgan fingerprint density at radius 1 is 1.25 bits per heavy atom. The molecule has 0 saturated heterocycles. The second-order valence-corrected chi connectivity index (χ2v) is 5.29. The van der Waals surface area contributed by atoms with E-state index >= 15 is 0 Å². The lowest BCUT2D eigenvalue weighted by molar-refractivity contribution is -0.141. The van der Waals surface area contributed by atoms with Crippen LogP contribution in [0.2, 0.25) is 0 Å². The minimum atomic E-state index is -4.69. The highest BCUT2D eigenvalue weighted by molar-refractivity contribution is 6.66. The van der Waals surface area contributed by atoms with Crippen molar-refractivity contribution >= 4 is 34.8 Å². The monoisotopic (exact) mass is 295 g/mol. The van der Waals surface area contributed by atoms with Crippen molar-refractivity contribution in [2.45, 2.75) is 29.9 Å². The fraction of sp³-hybridized carbons (Fsp3) is 0.714. The Morgan fingerprint density at radius 3 is 2.19 bits per heavy atom. The van der Waals surface area contributed by atoms with Crippen LogP contribution in [0, 0.1) is 0 Å². The molecule has 0 atom stereocenters. The molecule has 1 aromatic rings. The summed E-state index contributed by atoms with van der Waals surface area (Å²) >= 11 is 16.4. The number of nitrogens with zero attached hydrogens (tertiary/aromatic N) is 3. The van der Waals surface area contributed by atoms with Crippen LogP contribution < -0.4 is 0 Å². The van der Waals surface area contributed by atoms with Crippen molar-refractivity contribution in [2.24, 2.45) is 0 Å². The molecule has 0 aliphatic rings. The van der Waals surface area contributed by atoms with Crippen LogP contribution >= 0.6 is 34.8 Å². The molecule has 0 aromatic carbocycles. The third-order valence-electron chi connectivity index (χ3n) is 1.71. The van der Waals surface area contributed by atoms with Crippen molar-refractivity contribution in [3.05, 3.63) is 11.4 Å². The summed E-state index contributed by atoms with van der Waals surface area (Å²) in [4.78, 5) is 0. The molecular formula is C7H7Cl3F3N3. The first kappa shape index (κ1) is 13.9. The average molecular weight is 297 g/mol. The van der Waals surface area contributed by atoms with Crippen LogP contribution in [0.1, 0.15) is 24.7 Å². The predicted molar refractivity (Wildman–Crippen MR) is 54.6 cm³/mol. The van der Waals surface area contributed by atoms with Gasteiger partial charge in [-0.2, -0.15) is 13.2 Å². The number of hydrogen-bond acceptors (Lipinski definition) is 2. The Kier molecular flexibility index (Phi) is 3.97. The lowest BCUT2D eigenvalue weighted by Crippen LogP contribution is -2.18. The summed E-state index contributed by atoms with van der Waals surface area (Å²) in [5, 5.41) is 6.34.